The predicted octanol–water partition coefficient (Wildman–Crippen LogP) is 4.43. The average Bonchev–Trinajstić information content (AvgIpc) is 2.53. The van der Waals surface area contributed by atoms with E-state index in [9.17, 15) is 15.0 Å². The first kappa shape index (κ1) is 21.1. The van der Waals surface area contributed by atoms with Crippen molar-refractivity contribution in [2.45, 2.75) is 84.8 Å². The molecular formula is C21H36O3. The highest BCUT2D eigenvalue weighted by Gasteiger charge is 2.27. The fourth-order valence-electron chi connectivity index (χ4n) is 3.40. The molecule has 0 heterocycles. The van der Waals surface area contributed by atoms with Gasteiger partial charge in [0.1, 0.15) is 5.78 Å². The SMILES string of the molecule is C=C(C)C1=CC(O)C(O)C(C)C1.CC(C)C(=O)CC1CCCCC1. The lowest BCUT2D eigenvalue weighted by molar-refractivity contribution is -0.123. The Kier molecular flexibility index (Phi) is 8.93. The zero-order valence-corrected chi connectivity index (χ0v) is 15.9. The van der Waals surface area contributed by atoms with Crippen LogP contribution in [0.1, 0.15) is 72.6 Å². The summed E-state index contributed by atoms with van der Waals surface area (Å²) in [5.74, 6) is 1.54. The Morgan fingerprint density at radius 2 is 1.83 bits per heavy atom. The summed E-state index contributed by atoms with van der Waals surface area (Å²) in [6, 6.07) is 0. The van der Waals surface area contributed by atoms with E-state index in [4.69, 9.17) is 0 Å². The molecule has 0 aliphatic heterocycles. The van der Waals surface area contributed by atoms with Crippen molar-refractivity contribution in [1.82, 2.24) is 0 Å². The van der Waals surface area contributed by atoms with Gasteiger partial charge in [0.2, 0.25) is 0 Å². The van der Waals surface area contributed by atoms with Crippen LogP contribution in [0.4, 0.5) is 0 Å². The van der Waals surface area contributed by atoms with Crippen LogP contribution in [0, 0.1) is 17.8 Å². The maximum absolute atomic E-state index is 11.4. The van der Waals surface area contributed by atoms with E-state index in [1.807, 2.05) is 27.7 Å². The minimum absolute atomic E-state index is 0.122. The quantitative estimate of drug-likeness (QED) is 0.798. The number of rotatable bonds is 4. The monoisotopic (exact) mass is 336 g/mol. The number of hydrogen-bond donors (Lipinski definition) is 2. The average molecular weight is 337 g/mol. The van der Waals surface area contributed by atoms with Gasteiger partial charge in [-0.1, -0.05) is 71.1 Å². The number of aliphatic hydroxyl groups excluding tert-OH is 2. The highest BCUT2D eigenvalue weighted by atomic mass is 16.3. The lowest BCUT2D eigenvalue weighted by Gasteiger charge is -2.28. The zero-order chi connectivity index (χ0) is 18.3. The molecule has 3 nitrogen and oxygen atoms in total. The minimum atomic E-state index is -0.722. The van der Waals surface area contributed by atoms with E-state index in [2.05, 4.69) is 6.58 Å². The molecule has 2 aliphatic carbocycles. The summed E-state index contributed by atoms with van der Waals surface area (Å²) in [7, 11) is 0. The lowest BCUT2D eigenvalue weighted by Crippen LogP contribution is -2.34. The maximum Gasteiger partial charge on any atom is 0.135 e. The van der Waals surface area contributed by atoms with Crippen molar-refractivity contribution in [2.75, 3.05) is 0 Å². The van der Waals surface area contributed by atoms with Crippen LogP contribution in [0.15, 0.2) is 23.8 Å². The maximum atomic E-state index is 11.4. The number of hydrogen-bond acceptors (Lipinski definition) is 3. The van der Waals surface area contributed by atoms with Crippen molar-refractivity contribution in [3.8, 4) is 0 Å². The molecule has 1 fully saturated rings. The van der Waals surface area contributed by atoms with Gasteiger partial charge in [-0.3, -0.25) is 4.79 Å². The molecule has 0 aromatic heterocycles. The third kappa shape index (κ3) is 6.90. The standard InChI is InChI=1S/C11H20O.C10H16O2/c1-9(2)11(12)8-10-6-4-3-5-7-10;1-6(2)8-4-7(3)10(12)9(11)5-8/h9-10H,3-8H2,1-2H3;5,7,9-12H,1,4H2,2-3H3. The van der Waals surface area contributed by atoms with E-state index in [0.717, 1.165) is 24.0 Å². The second kappa shape index (κ2) is 10.1. The van der Waals surface area contributed by atoms with Gasteiger partial charge in [0, 0.05) is 12.3 Å². The Morgan fingerprint density at radius 3 is 2.29 bits per heavy atom. The van der Waals surface area contributed by atoms with Gasteiger partial charge < -0.3 is 10.2 Å². The molecular weight excluding hydrogens is 300 g/mol. The van der Waals surface area contributed by atoms with Crippen molar-refractivity contribution in [1.29, 1.82) is 0 Å². The fourth-order valence-corrected chi connectivity index (χ4v) is 3.40. The summed E-state index contributed by atoms with van der Waals surface area (Å²) >= 11 is 0. The van der Waals surface area contributed by atoms with Crippen LogP contribution in [0.25, 0.3) is 0 Å². The molecule has 0 spiro atoms. The van der Waals surface area contributed by atoms with Crippen LogP contribution in [-0.2, 0) is 4.79 Å². The van der Waals surface area contributed by atoms with Crippen LogP contribution in [-0.4, -0.2) is 28.2 Å². The van der Waals surface area contributed by atoms with Crippen LogP contribution in [0.2, 0.25) is 0 Å². The van der Waals surface area contributed by atoms with Gasteiger partial charge in [-0.25, -0.2) is 0 Å². The number of Topliss-reactive ketones (excluding diaryl/α,β-unsaturated/α-hetero) is 1. The zero-order valence-electron chi connectivity index (χ0n) is 15.9. The molecule has 2 rings (SSSR count). The summed E-state index contributed by atoms with van der Waals surface area (Å²) < 4.78 is 0. The van der Waals surface area contributed by atoms with Gasteiger partial charge in [0.15, 0.2) is 0 Å². The van der Waals surface area contributed by atoms with E-state index in [0.29, 0.717) is 11.7 Å². The molecule has 3 unspecified atom stereocenters. The summed E-state index contributed by atoms with van der Waals surface area (Å²) in [5, 5.41) is 18.8. The van der Waals surface area contributed by atoms with Crippen LogP contribution in [0.3, 0.4) is 0 Å². The topological polar surface area (TPSA) is 57.5 Å². The van der Waals surface area contributed by atoms with Crippen LogP contribution < -0.4 is 0 Å². The van der Waals surface area contributed by atoms with Crippen molar-refractivity contribution in [3.05, 3.63) is 23.8 Å². The Balaban J connectivity index is 0.000000240. The number of ketones is 1. The number of allylic oxidation sites excluding steroid dienone is 2. The highest BCUT2D eigenvalue weighted by Crippen LogP contribution is 2.28. The summed E-state index contributed by atoms with van der Waals surface area (Å²) in [6.07, 6.45) is 8.67. The molecule has 3 heteroatoms. The van der Waals surface area contributed by atoms with Crippen molar-refractivity contribution >= 4 is 5.78 Å². The molecule has 2 aliphatic rings. The smallest absolute Gasteiger partial charge is 0.135 e. The lowest BCUT2D eigenvalue weighted by atomic mass is 9.84. The van der Waals surface area contributed by atoms with Gasteiger partial charge in [0.05, 0.1) is 12.2 Å². The van der Waals surface area contributed by atoms with Crippen molar-refractivity contribution in [2.24, 2.45) is 17.8 Å². The molecule has 0 aromatic rings. The van der Waals surface area contributed by atoms with E-state index >= 15 is 0 Å². The predicted molar refractivity (Wildman–Crippen MR) is 99.7 cm³/mol. The summed E-state index contributed by atoms with van der Waals surface area (Å²) in [4.78, 5) is 11.4. The largest absolute Gasteiger partial charge is 0.390 e. The van der Waals surface area contributed by atoms with Gasteiger partial charge in [0.25, 0.3) is 0 Å². The molecule has 1 saturated carbocycles. The van der Waals surface area contributed by atoms with Crippen LogP contribution >= 0.6 is 0 Å². The van der Waals surface area contributed by atoms with Gasteiger partial charge >= 0.3 is 0 Å². The van der Waals surface area contributed by atoms with Crippen LogP contribution in [0.5, 0.6) is 0 Å². The Hall–Kier alpha value is -0.930. The Bertz CT molecular complexity index is 444. The second-order valence-electron chi connectivity index (χ2n) is 7.96. The van der Waals surface area contributed by atoms with Gasteiger partial charge in [-0.2, -0.15) is 0 Å². The molecule has 0 bridgehead atoms. The third-order valence-electron chi connectivity index (χ3n) is 5.25. The number of aliphatic hydroxyl groups is 2. The van der Waals surface area contributed by atoms with E-state index in [1.54, 1.807) is 6.08 Å². The van der Waals surface area contributed by atoms with E-state index in [1.165, 1.54) is 32.1 Å². The normalized spacial score (nSPS) is 28.0. The molecule has 24 heavy (non-hydrogen) atoms. The minimum Gasteiger partial charge on any atom is -0.390 e. The molecule has 0 amide bonds. The third-order valence-corrected chi connectivity index (χ3v) is 5.25. The molecule has 0 saturated heterocycles. The highest BCUT2D eigenvalue weighted by molar-refractivity contribution is 5.80. The first-order chi connectivity index (χ1) is 11.2. The summed E-state index contributed by atoms with van der Waals surface area (Å²) in [5.41, 5.74) is 2.05. The molecule has 2 N–H and O–H groups in total. The first-order valence-corrected chi connectivity index (χ1v) is 9.47. The Labute approximate surface area is 147 Å². The molecule has 0 radical (unpaired) electrons. The molecule has 0 aromatic carbocycles. The van der Waals surface area contributed by atoms with E-state index in [-0.39, 0.29) is 11.8 Å². The second-order valence-corrected chi connectivity index (χ2v) is 7.96. The van der Waals surface area contributed by atoms with Crippen molar-refractivity contribution < 1.29 is 15.0 Å². The first-order valence-electron chi connectivity index (χ1n) is 9.47. The summed E-state index contributed by atoms with van der Waals surface area (Å²) in [6.45, 7) is 11.7. The Morgan fingerprint density at radius 1 is 1.25 bits per heavy atom. The fraction of sp³-hybridized carbons (Fsp3) is 0.762. The molecule has 3 atom stereocenters. The van der Waals surface area contributed by atoms with Gasteiger partial charge in [-0.15, -0.1) is 0 Å². The van der Waals surface area contributed by atoms with E-state index < -0.39 is 12.2 Å². The molecule has 138 valence electrons. The number of carbonyl (C=O) groups excluding carboxylic acids is 1. The van der Waals surface area contributed by atoms with Gasteiger partial charge in [-0.05, 0) is 30.8 Å². The number of carbonyl (C=O) groups is 1. The van der Waals surface area contributed by atoms with Crippen molar-refractivity contribution in [3.63, 3.8) is 0 Å².